The standard InChI is InChI=1S/C12H21N/c1-3-5-6-7-12-10-11(4-2)8-9-13-12/h11-13H,4,6-10H2,1-2H3. The van der Waals surface area contributed by atoms with Crippen LogP contribution in [-0.2, 0) is 0 Å². The van der Waals surface area contributed by atoms with Crippen LogP contribution in [0.3, 0.4) is 0 Å². The average Bonchev–Trinajstić information content (AvgIpc) is 2.19. The Morgan fingerprint density at radius 2 is 2.31 bits per heavy atom. The van der Waals surface area contributed by atoms with Gasteiger partial charge >= 0.3 is 0 Å². The zero-order valence-electron chi connectivity index (χ0n) is 8.90. The van der Waals surface area contributed by atoms with Gasteiger partial charge in [-0.05, 0) is 38.6 Å². The highest BCUT2D eigenvalue weighted by Gasteiger charge is 2.18. The molecule has 1 fully saturated rings. The lowest BCUT2D eigenvalue weighted by Gasteiger charge is -2.29. The molecule has 1 heteroatoms. The Hall–Kier alpha value is -0.480. The van der Waals surface area contributed by atoms with Crippen LogP contribution in [0.2, 0.25) is 0 Å². The molecule has 1 saturated heterocycles. The van der Waals surface area contributed by atoms with E-state index >= 15 is 0 Å². The zero-order valence-corrected chi connectivity index (χ0v) is 8.90. The van der Waals surface area contributed by atoms with Gasteiger partial charge < -0.3 is 5.32 Å². The van der Waals surface area contributed by atoms with E-state index in [0.717, 1.165) is 18.4 Å². The van der Waals surface area contributed by atoms with E-state index in [4.69, 9.17) is 0 Å². The molecule has 0 aliphatic carbocycles. The summed E-state index contributed by atoms with van der Waals surface area (Å²) in [7, 11) is 0. The molecule has 0 saturated carbocycles. The fourth-order valence-electron chi connectivity index (χ4n) is 2.06. The van der Waals surface area contributed by atoms with Crippen LogP contribution in [0.15, 0.2) is 0 Å². The van der Waals surface area contributed by atoms with Crippen LogP contribution < -0.4 is 5.32 Å². The number of piperidine rings is 1. The van der Waals surface area contributed by atoms with Gasteiger partial charge in [-0.1, -0.05) is 13.3 Å². The average molecular weight is 179 g/mol. The van der Waals surface area contributed by atoms with Crippen molar-refractivity contribution in [3.8, 4) is 11.8 Å². The van der Waals surface area contributed by atoms with Crippen LogP contribution in [0.5, 0.6) is 0 Å². The summed E-state index contributed by atoms with van der Waals surface area (Å²) in [6.45, 7) is 5.44. The predicted octanol–water partition coefficient (Wildman–Crippen LogP) is 2.57. The predicted molar refractivity (Wildman–Crippen MR) is 57.5 cm³/mol. The molecule has 0 amide bonds. The number of hydrogen-bond acceptors (Lipinski definition) is 1. The molecule has 1 aliphatic heterocycles. The Labute approximate surface area is 82.3 Å². The summed E-state index contributed by atoms with van der Waals surface area (Å²) in [6, 6.07) is 0.736. The summed E-state index contributed by atoms with van der Waals surface area (Å²) in [5, 5.41) is 3.57. The molecule has 1 rings (SSSR count). The van der Waals surface area contributed by atoms with Crippen LogP contribution >= 0.6 is 0 Å². The minimum atomic E-state index is 0.736. The molecule has 2 atom stereocenters. The quantitative estimate of drug-likeness (QED) is 0.657. The van der Waals surface area contributed by atoms with Gasteiger partial charge in [-0.3, -0.25) is 0 Å². The van der Waals surface area contributed by atoms with E-state index < -0.39 is 0 Å². The van der Waals surface area contributed by atoms with Crippen molar-refractivity contribution in [1.82, 2.24) is 5.32 Å². The van der Waals surface area contributed by atoms with Crippen molar-refractivity contribution in [2.75, 3.05) is 6.54 Å². The summed E-state index contributed by atoms with van der Waals surface area (Å²) < 4.78 is 0. The zero-order chi connectivity index (χ0) is 9.52. The maximum Gasteiger partial charge on any atom is 0.0103 e. The van der Waals surface area contributed by atoms with Crippen molar-refractivity contribution >= 4 is 0 Å². The van der Waals surface area contributed by atoms with Crippen molar-refractivity contribution in [2.45, 2.75) is 52.0 Å². The van der Waals surface area contributed by atoms with Crippen molar-refractivity contribution in [3.05, 3.63) is 0 Å². The second-order valence-electron chi connectivity index (χ2n) is 3.92. The second kappa shape index (κ2) is 6.05. The summed E-state index contributed by atoms with van der Waals surface area (Å²) >= 11 is 0. The van der Waals surface area contributed by atoms with E-state index in [1.165, 1.54) is 32.2 Å². The van der Waals surface area contributed by atoms with Crippen LogP contribution in [-0.4, -0.2) is 12.6 Å². The van der Waals surface area contributed by atoms with Gasteiger partial charge in [0.2, 0.25) is 0 Å². The Bertz CT molecular complexity index is 187. The molecule has 1 nitrogen and oxygen atoms in total. The van der Waals surface area contributed by atoms with Gasteiger partial charge in [0.05, 0.1) is 0 Å². The molecule has 2 unspecified atom stereocenters. The first-order chi connectivity index (χ1) is 6.36. The first-order valence-electron chi connectivity index (χ1n) is 5.49. The summed E-state index contributed by atoms with van der Waals surface area (Å²) in [4.78, 5) is 0. The van der Waals surface area contributed by atoms with Crippen LogP contribution in [0, 0.1) is 17.8 Å². The lowest BCUT2D eigenvalue weighted by Crippen LogP contribution is -2.37. The normalized spacial score (nSPS) is 27.8. The van der Waals surface area contributed by atoms with Gasteiger partial charge in [0.25, 0.3) is 0 Å². The monoisotopic (exact) mass is 179 g/mol. The Balaban J connectivity index is 2.20. The van der Waals surface area contributed by atoms with Crippen LogP contribution in [0.4, 0.5) is 0 Å². The molecule has 0 radical (unpaired) electrons. The molecule has 1 aliphatic rings. The van der Waals surface area contributed by atoms with E-state index in [9.17, 15) is 0 Å². The van der Waals surface area contributed by atoms with Crippen molar-refractivity contribution in [2.24, 2.45) is 5.92 Å². The number of hydrogen-bond donors (Lipinski definition) is 1. The van der Waals surface area contributed by atoms with E-state index in [0.29, 0.717) is 0 Å². The molecule has 0 aromatic heterocycles. The third-order valence-electron chi connectivity index (χ3n) is 2.98. The molecule has 13 heavy (non-hydrogen) atoms. The Morgan fingerprint density at radius 3 is 3.00 bits per heavy atom. The third kappa shape index (κ3) is 3.83. The molecule has 0 spiro atoms. The molecule has 1 heterocycles. The van der Waals surface area contributed by atoms with Gasteiger partial charge in [0, 0.05) is 12.5 Å². The first-order valence-corrected chi connectivity index (χ1v) is 5.49. The van der Waals surface area contributed by atoms with Gasteiger partial charge in [0.1, 0.15) is 0 Å². The fraction of sp³-hybridized carbons (Fsp3) is 0.833. The lowest BCUT2D eigenvalue weighted by atomic mass is 9.88. The van der Waals surface area contributed by atoms with Gasteiger partial charge in [0.15, 0.2) is 0 Å². The largest absolute Gasteiger partial charge is 0.314 e. The summed E-state index contributed by atoms with van der Waals surface area (Å²) in [5.41, 5.74) is 0. The van der Waals surface area contributed by atoms with Crippen molar-refractivity contribution < 1.29 is 0 Å². The van der Waals surface area contributed by atoms with Gasteiger partial charge in [-0.15, -0.1) is 11.8 Å². The van der Waals surface area contributed by atoms with Crippen molar-refractivity contribution in [1.29, 1.82) is 0 Å². The van der Waals surface area contributed by atoms with E-state index in [1.54, 1.807) is 0 Å². The van der Waals surface area contributed by atoms with Crippen molar-refractivity contribution in [3.63, 3.8) is 0 Å². The molecule has 0 aromatic carbocycles. The molecule has 1 N–H and O–H groups in total. The highest BCUT2D eigenvalue weighted by Crippen LogP contribution is 2.21. The lowest BCUT2D eigenvalue weighted by molar-refractivity contribution is 0.286. The van der Waals surface area contributed by atoms with E-state index in [-0.39, 0.29) is 0 Å². The van der Waals surface area contributed by atoms with Crippen LogP contribution in [0.25, 0.3) is 0 Å². The molecular formula is C12H21N. The van der Waals surface area contributed by atoms with E-state index in [2.05, 4.69) is 24.1 Å². The fourth-order valence-corrected chi connectivity index (χ4v) is 2.06. The summed E-state index contributed by atoms with van der Waals surface area (Å²) in [6.07, 6.45) is 6.37. The Kier molecular flexibility index (Phi) is 4.93. The molecule has 0 aromatic rings. The highest BCUT2D eigenvalue weighted by atomic mass is 14.9. The minimum Gasteiger partial charge on any atom is -0.314 e. The maximum atomic E-state index is 3.57. The molecule has 0 bridgehead atoms. The molecule has 74 valence electrons. The topological polar surface area (TPSA) is 12.0 Å². The molecular weight excluding hydrogens is 158 g/mol. The van der Waals surface area contributed by atoms with Gasteiger partial charge in [-0.25, -0.2) is 0 Å². The second-order valence-corrected chi connectivity index (χ2v) is 3.92. The maximum absolute atomic E-state index is 3.57. The highest BCUT2D eigenvalue weighted by molar-refractivity contribution is 4.96. The number of nitrogens with one attached hydrogen (secondary N) is 1. The van der Waals surface area contributed by atoms with Gasteiger partial charge in [-0.2, -0.15) is 0 Å². The van der Waals surface area contributed by atoms with Crippen LogP contribution in [0.1, 0.15) is 46.0 Å². The minimum absolute atomic E-state index is 0.736. The number of rotatable bonds is 3. The SMILES string of the molecule is CC#CCCC1CC(CC)CCN1. The first kappa shape index (κ1) is 10.6. The smallest absolute Gasteiger partial charge is 0.0103 e. The Morgan fingerprint density at radius 1 is 1.46 bits per heavy atom. The van der Waals surface area contributed by atoms with E-state index in [1.807, 2.05) is 6.92 Å². The third-order valence-corrected chi connectivity index (χ3v) is 2.98. The summed E-state index contributed by atoms with van der Waals surface area (Å²) in [5.74, 6) is 7.05.